The second kappa shape index (κ2) is 10.2. The van der Waals surface area contributed by atoms with Crippen LogP contribution < -0.4 is 5.32 Å². The summed E-state index contributed by atoms with van der Waals surface area (Å²) in [6.07, 6.45) is 1.03. The number of carbonyl (C=O) groups excluding carboxylic acids is 1. The molecule has 1 amide bonds. The minimum absolute atomic E-state index is 0.0340. The Balaban J connectivity index is 1.38. The normalized spacial score (nSPS) is 15.9. The molecule has 2 aromatic carbocycles. The average Bonchev–Trinajstić information content (AvgIpc) is 2.75. The molecule has 0 bridgehead atoms. The zero-order chi connectivity index (χ0) is 20.7. The highest BCUT2D eigenvalue weighted by molar-refractivity contribution is 7.98. The summed E-state index contributed by atoms with van der Waals surface area (Å²) < 4.78 is 40.3. The third-order valence-electron chi connectivity index (χ3n) is 4.97. The van der Waals surface area contributed by atoms with Gasteiger partial charge in [-0.25, -0.2) is 12.8 Å². The molecule has 0 aromatic heterocycles. The number of nitrogens with zero attached hydrogens (tertiary/aromatic N) is 1. The Morgan fingerprint density at radius 1 is 1.07 bits per heavy atom. The molecule has 8 heteroatoms. The number of thioether (sulfide) groups is 1. The SMILES string of the molecule is O=C(NCCSCc1ccccc1F)C1CCN(S(=O)(=O)c2ccccc2)CC1. The van der Waals surface area contributed by atoms with Gasteiger partial charge in [0, 0.05) is 37.1 Å². The van der Waals surface area contributed by atoms with E-state index in [1.165, 1.54) is 10.4 Å². The zero-order valence-electron chi connectivity index (χ0n) is 16.1. The van der Waals surface area contributed by atoms with Gasteiger partial charge >= 0.3 is 0 Å². The molecular weight excluding hydrogens is 411 g/mol. The minimum Gasteiger partial charge on any atom is -0.355 e. The van der Waals surface area contributed by atoms with E-state index in [1.807, 2.05) is 6.07 Å². The summed E-state index contributed by atoms with van der Waals surface area (Å²) in [5, 5.41) is 2.92. The summed E-state index contributed by atoms with van der Waals surface area (Å²) in [7, 11) is -3.50. The summed E-state index contributed by atoms with van der Waals surface area (Å²) in [5.74, 6) is 0.850. The number of nitrogens with one attached hydrogen (secondary N) is 1. The molecule has 1 aliphatic rings. The van der Waals surface area contributed by atoms with Gasteiger partial charge in [0.25, 0.3) is 0 Å². The average molecular weight is 437 g/mol. The van der Waals surface area contributed by atoms with E-state index in [0.717, 1.165) is 0 Å². The van der Waals surface area contributed by atoms with Gasteiger partial charge in [-0.1, -0.05) is 36.4 Å². The van der Waals surface area contributed by atoms with Crippen molar-refractivity contribution >= 4 is 27.7 Å². The van der Waals surface area contributed by atoms with Crippen LogP contribution in [0.1, 0.15) is 18.4 Å². The molecule has 1 aliphatic heterocycles. The third kappa shape index (κ3) is 5.81. The van der Waals surface area contributed by atoms with Gasteiger partial charge in [-0.15, -0.1) is 0 Å². The number of amides is 1. The van der Waals surface area contributed by atoms with Gasteiger partial charge in [-0.05, 0) is 36.6 Å². The fourth-order valence-corrected chi connectivity index (χ4v) is 5.62. The van der Waals surface area contributed by atoms with E-state index in [9.17, 15) is 17.6 Å². The molecule has 5 nitrogen and oxygen atoms in total. The Morgan fingerprint density at radius 3 is 2.41 bits per heavy atom. The highest BCUT2D eigenvalue weighted by Gasteiger charge is 2.31. The van der Waals surface area contributed by atoms with E-state index < -0.39 is 10.0 Å². The zero-order valence-corrected chi connectivity index (χ0v) is 17.7. The lowest BCUT2D eigenvalue weighted by Gasteiger charge is -2.30. The van der Waals surface area contributed by atoms with Gasteiger partial charge in [0.2, 0.25) is 15.9 Å². The summed E-state index contributed by atoms with van der Waals surface area (Å²) in [6.45, 7) is 1.20. The Morgan fingerprint density at radius 2 is 1.72 bits per heavy atom. The highest BCUT2D eigenvalue weighted by Crippen LogP contribution is 2.24. The quantitative estimate of drug-likeness (QED) is 0.645. The number of halogens is 1. The van der Waals surface area contributed by atoms with Gasteiger partial charge in [0.05, 0.1) is 4.90 Å². The van der Waals surface area contributed by atoms with Gasteiger partial charge in [-0.3, -0.25) is 4.79 Å². The third-order valence-corrected chi connectivity index (χ3v) is 7.89. The van der Waals surface area contributed by atoms with Crippen LogP contribution in [0, 0.1) is 11.7 Å². The monoisotopic (exact) mass is 436 g/mol. The van der Waals surface area contributed by atoms with E-state index in [0.29, 0.717) is 49.5 Å². The largest absolute Gasteiger partial charge is 0.355 e. The molecule has 0 spiro atoms. The number of hydrogen-bond acceptors (Lipinski definition) is 4. The van der Waals surface area contributed by atoms with Crippen LogP contribution >= 0.6 is 11.8 Å². The number of carbonyl (C=O) groups is 1. The second-order valence-electron chi connectivity index (χ2n) is 6.93. The highest BCUT2D eigenvalue weighted by atomic mass is 32.2. The Hall–Kier alpha value is -1.90. The first-order valence-corrected chi connectivity index (χ1v) is 12.2. The van der Waals surface area contributed by atoms with E-state index in [4.69, 9.17) is 0 Å². The van der Waals surface area contributed by atoms with Crippen LogP contribution in [0.3, 0.4) is 0 Å². The van der Waals surface area contributed by atoms with E-state index in [1.54, 1.807) is 54.2 Å². The summed E-state index contributed by atoms with van der Waals surface area (Å²) in [5.41, 5.74) is 0.663. The standard InChI is InChI=1S/C21H25FN2O3S2/c22-20-9-5-4-6-18(20)16-28-15-12-23-21(25)17-10-13-24(14-11-17)29(26,27)19-7-2-1-3-8-19/h1-9,17H,10-16H2,(H,23,25). The number of rotatable bonds is 8. The molecular formula is C21H25FN2O3S2. The number of sulfonamides is 1. The molecule has 2 aromatic rings. The lowest BCUT2D eigenvalue weighted by atomic mass is 9.97. The lowest BCUT2D eigenvalue weighted by molar-refractivity contribution is -0.125. The van der Waals surface area contributed by atoms with Crippen molar-refractivity contribution < 1.29 is 17.6 Å². The van der Waals surface area contributed by atoms with Crippen LogP contribution in [0.2, 0.25) is 0 Å². The molecule has 156 valence electrons. The Kier molecular flexibility index (Phi) is 7.69. The maximum atomic E-state index is 13.6. The summed E-state index contributed by atoms with van der Waals surface area (Å²) >= 11 is 1.57. The predicted molar refractivity (Wildman–Crippen MR) is 113 cm³/mol. The van der Waals surface area contributed by atoms with Crippen molar-refractivity contribution in [2.75, 3.05) is 25.4 Å². The van der Waals surface area contributed by atoms with Crippen LogP contribution in [0.15, 0.2) is 59.5 Å². The van der Waals surface area contributed by atoms with Crippen LogP contribution in [-0.2, 0) is 20.6 Å². The van der Waals surface area contributed by atoms with Gasteiger partial charge in [0.15, 0.2) is 0 Å². The van der Waals surface area contributed by atoms with Gasteiger partial charge in [0.1, 0.15) is 5.82 Å². The van der Waals surface area contributed by atoms with Crippen molar-refractivity contribution in [1.29, 1.82) is 0 Å². The first-order valence-electron chi connectivity index (χ1n) is 9.62. The molecule has 3 rings (SSSR count). The number of hydrogen-bond donors (Lipinski definition) is 1. The van der Waals surface area contributed by atoms with Crippen LogP contribution in [-0.4, -0.2) is 44.0 Å². The van der Waals surface area contributed by atoms with Crippen molar-refractivity contribution in [2.45, 2.75) is 23.5 Å². The van der Waals surface area contributed by atoms with Gasteiger partial charge in [-0.2, -0.15) is 16.1 Å². The molecule has 0 atom stereocenters. The Labute approximate surface area is 175 Å². The molecule has 0 aliphatic carbocycles. The van der Waals surface area contributed by atoms with Crippen molar-refractivity contribution in [3.8, 4) is 0 Å². The maximum absolute atomic E-state index is 13.6. The molecule has 0 saturated carbocycles. The molecule has 0 radical (unpaired) electrons. The molecule has 29 heavy (non-hydrogen) atoms. The van der Waals surface area contributed by atoms with Crippen molar-refractivity contribution in [1.82, 2.24) is 9.62 Å². The topological polar surface area (TPSA) is 66.5 Å². The fraction of sp³-hybridized carbons (Fsp3) is 0.381. The number of benzene rings is 2. The van der Waals surface area contributed by atoms with E-state index in [2.05, 4.69) is 5.32 Å². The molecule has 1 fully saturated rings. The second-order valence-corrected chi connectivity index (χ2v) is 9.97. The van der Waals surface area contributed by atoms with Crippen molar-refractivity contribution in [3.05, 3.63) is 66.0 Å². The van der Waals surface area contributed by atoms with Crippen molar-refractivity contribution in [2.24, 2.45) is 5.92 Å². The number of piperidine rings is 1. The van der Waals surface area contributed by atoms with E-state index in [-0.39, 0.29) is 22.5 Å². The fourth-order valence-electron chi connectivity index (χ4n) is 3.29. The molecule has 0 unspecified atom stereocenters. The summed E-state index contributed by atoms with van der Waals surface area (Å²) in [6, 6.07) is 15.1. The van der Waals surface area contributed by atoms with Crippen LogP contribution in [0.5, 0.6) is 0 Å². The molecule has 1 N–H and O–H groups in total. The Bertz CT molecular complexity index is 915. The molecule has 1 heterocycles. The van der Waals surface area contributed by atoms with Crippen LogP contribution in [0.25, 0.3) is 0 Å². The first-order chi connectivity index (χ1) is 14.0. The summed E-state index contributed by atoms with van der Waals surface area (Å²) in [4.78, 5) is 12.7. The minimum atomic E-state index is -3.50. The smallest absolute Gasteiger partial charge is 0.243 e. The maximum Gasteiger partial charge on any atom is 0.243 e. The van der Waals surface area contributed by atoms with Crippen molar-refractivity contribution in [3.63, 3.8) is 0 Å². The lowest BCUT2D eigenvalue weighted by Crippen LogP contribution is -2.43. The first kappa shape index (κ1) is 21.8. The predicted octanol–water partition coefficient (Wildman–Crippen LogP) is 3.28. The van der Waals surface area contributed by atoms with Crippen LogP contribution in [0.4, 0.5) is 4.39 Å². The van der Waals surface area contributed by atoms with Gasteiger partial charge < -0.3 is 5.32 Å². The molecule has 1 saturated heterocycles. The van der Waals surface area contributed by atoms with E-state index >= 15 is 0 Å².